The molecule has 7 amide bonds. The third-order valence-corrected chi connectivity index (χ3v) is 17.1. The summed E-state index contributed by atoms with van der Waals surface area (Å²) >= 11 is 0. The largest absolute Gasteiger partial charge is 0.493 e. The lowest BCUT2D eigenvalue weighted by Crippen LogP contribution is -2.55. The summed E-state index contributed by atoms with van der Waals surface area (Å²) in [7, 11) is 2.94. The Bertz CT molecular complexity index is 3700. The highest BCUT2D eigenvalue weighted by atomic mass is 16.6. The number of aliphatic imine (C=N–C) groups is 1. The van der Waals surface area contributed by atoms with Crippen molar-refractivity contribution in [3.63, 3.8) is 0 Å². The van der Waals surface area contributed by atoms with E-state index in [-0.39, 0.29) is 143 Å². The minimum Gasteiger partial charge on any atom is -0.493 e. The fourth-order valence-electron chi connectivity index (χ4n) is 11.9. The molecule has 10 rings (SSSR count). The van der Waals surface area contributed by atoms with E-state index in [0.717, 1.165) is 38.6 Å². The van der Waals surface area contributed by atoms with E-state index in [1.807, 2.05) is 67.4 Å². The summed E-state index contributed by atoms with van der Waals surface area (Å²) in [6.07, 6.45) is 2.70. The molecule has 0 aliphatic carbocycles. The van der Waals surface area contributed by atoms with E-state index in [4.69, 9.17) is 33.4 Å². The van der Waals surface area contributed by atoms with Crippen molar-refractivity contribution in [2.24, 2.45) is 16.8 Å². The first-order chi connectivity index (χ1) is 44.4. The number of hydrogen-bond donors (Lipinski definition) is 3. The monoisotopic (exact) mass is 1260 g/mol. The van der Waals surface area contributed by atoms with Crippen molar-refractivity contribution < 1.29 is 76.7 Å². The van der Waals surface area contributed by atoms with Crippen LogP contribution in [0.3, 0.4) is 0 Å². The number of rotatable bonds is 27. The highest BCUT2D eigenvalue weighted by Gasteiger charge is 2.46. The van der Waals surface area contributed by atoms with Crippen LogP contribution in [0, 0.1) is 11.8 Å². The Labute approximate surface area is 532 Å². The number of hydrogen-bond acceptors (Lipinski definition) is 17. The van der Waals surface area contributed by atoms with E-state index in [9.17, 15) is 48.3 Å². The first-order valence-electron chi connectivity index (χ1n) is 30.8. The lowest BCUT2D eigenvalue weighted by Gasteiger charge is -2.39. The van der Waals surface area contributed by atoms with Crippen LogP contribution in [0.15, 0.2) is 114 Å². The summed E-state index contributed by atoms with van der Waals surface area (Å²) in [5.41, 5.74) is 6.26. The Morgan fingerprint density at radius 2 is 1.29 bits per heavy atom. The quantitative estimate of drug-likeness (QED) is 0.0371. The van der Waals surface area contributed by atoms with Crippen LogP contribution < -0.4 is 34.5 Å². The number of ketones is 2. The molecule has 5 aliphatic rings. The second-order valence-corrected chi connectivity index (χ2v) is 23.6. The van der Waals surface area contributed by atoms with Crippen molar-refractivity contribution in [2.75, 3.05) is 58.6 Å². The van der Waals surface area contributed by atoms with E-state index < -0.39 is 54.0 Å². The van der Waals surface area contributed by atoms with Gasteiger partial charge in [-0.15, -0.1) is 0 Å². The molecule has 23 heteroatoms. The zero-order valence-corrected chi connectivity index (χ0v) is 52.1. The maximum atomic E-state index is 14.7. The SMILES string of the molecule is COc1cc2c(cc1OCCCOc1cc3c(cc1OC)C(=O)N1Cc4ccccc4CC1C(O)N3C(=O)OCc1ccc(CC(=O)[C@H](C)NC(=O)[C@@H](CC(=O)CCOCCNC(=O)CCN3C(=O)C=CC3=O)C(C)C)cc1)N=CC1Cc3ccccc3CN1C2=O. The Morgan fingerprint density at radius 1 is 0.685 bits per heavy atom. The van der Waals surface area contributed by atoms with Gasteiger partial charge in [-0.25, -0.2) is 9.69 Å². The summed E-state index contributed by atoms with van der Waals surface area (Å²) in [5, 5.41) is 17.8. The molecular weight excluding hydrogens is 1180 g/mol. The first kappa shape index (κ1) is 65.2. The van der Waals surface area contributed by atoms with Gasteiger partial charge in [0.05, 0.1) is 81.3 Å². The van der Waals surface area contributed by atoms with Gasteiger partial charge in [0.2, 0.25) is 11.8 Å². The van der Waals surface area contributed by atoms with Crippen LogP contribution in [-0.4, -0.2) is 157 Å². The molecule has 5 aromatic carbocycles. The molecule has 3 N–H and O–H groups in total. The van der Waals surface area contributed by atoms with Gasteiger partial charge in [0.25, 0.3) is 23.6 Å². The zero-order valence-electron chi connectivity index (χ0n) is 52.1. The van der Waals surface area contributed by atoms with E-state index in [2.05, 4.69) is 16.7 Å². The zero-order chi connectivity index (χ0) is 65.2. The van der Waals surface area contributed by atoms with Crippen molar-refractivity contribution in [1.82, 2.24) is 25.3 Å². The number of aliphatic hydroxyl groups is 1. The van der Waals surface area contributed by atoms with Crippen LogP contribution in [0.5, 0.6) is 23.0 Å². The molecule has 0 aromatic heterocycles. The number of carbonyl (C=O) groups is 9. The Hall–Kier alpha value is -9.74. The van der Waals surface area contributed by atoms with Crippen LogP contribution >= 0.6 is 0 Å². The van der Waals surface area contributed by atoms with E-state index in [1.54, 1.807) is 48.2 Å². The van der Waals surface area contributed by atoms with Crippen LogP contribution in [0.25, 0.3) is 0 Å². The molecule has 92 heavy (non-hydrogen) atoms. The summed E-state index contributed by atoms with van der Waals surface area (Å²) in [6.45, 7) is 6.15. The summed E-state index contributed by atoms with van der Waals surface area (Å²) in [4.78, 5) is 129. The Morgan fingerprint density at radius 3 is 1.96 bits per heavy atom. The number of nitrogens with zero attached hydrogens (tertiary/aromatic N) is 5. The number of amides is 7. The number of imide groups is 1. The van der Waals surface area contributed by atoms with Gasteiger partial charge in [-0.05, 0) is 71.2 Å². The molecule has 0 saturated carbocycles. The smallest absolute Gasteiger partial charge is 0.416 e. The number of Topliss-reactive ketones (excluding diaryl/α,β-unsaturated/α-hetero) is 2. The van der Waals surface area contributed by atoms with Crippen molar-refractivity contribution in [3.05, 3.63) is 154 Å². The number of carbonyl (C=O) groups excluding carboxylic acids is 9. The molecule has 0 spiro atoms. The number of ether oxygens (including phenoxy) is 6. The molecular formula is C69H75N7O16. The third kappa shape index (κ3) is 15.0. The highest BCUT2D eigenvalue weighted by Crippen LogP contribution is 2.43. The summed E-state index contributed by atoms with van der Waals surface area (Å²) in [5.74, 6) is -2.61. The van der Waals surface area contributed by atoms with Gasteiger partial charge in [0, 0.05) is 94.7 Å². The highest BCUT2D eigenvalue weighted by molar-refractivity contribution is 6.13. The minimum atomic E-state index is -1.57. The Kier molecular flexibility index (Phi) is 20.9. The standard InChI is InChI=1S/C69H75N7O16/c1-41(2)51(32-50(77)22-27-89-28-23-70-62(79)21-24-73-63(80)19-20-64(73)81)65(82)72-42(3)57(78)29-43-15-17-44(18-16-43)40-92-69(86)76-55-36-61(59(88-5)34-53(55)67(84)75-39-48-14-9-7-12-46(48)31-56(75)68(76)85)91-26-10-25-90-60-35-54-52(33-58(60)87-4)66(83)74-38-47-13-8-6-11-45(47)30-49(74)37-71-54/h6-9,11-20,33-37,41-42,49,51,56,68,85H,10,21-32,38-40H2,1-5H3,(H,70,79)(H,72,82)/t42-,49?,51-,56?,68?/m0/s1. The third-order valence-electron chi connectivity index (χ3n) is 17.1. The van der Waals surface area contributed by atoms with Crippen molar-refractivity contribution in [2.45, 2.75) is 110 Å². The van der Waals surface area contributed by atoms with E-state index >= 15 is 0 Å². The van der Waals surface area contributed by atoms with Gasteiger partial charge >= 0.3 is 6.09 Å². The molecule has 5 aliphatic heterocycles. The molecule has 482 valence electrons. The molecule has 23 nitrogen and oxygen atoms in total. The van der Waals surface area contributed by atoms with Crippen LogP contribution in [0.2, 0.25) is 0 Å². The van der Waals surface area contributed by atoms with Crippen molar-refractivity contribution in [3.8, 4) is 23.0 Å². The number of anilines is 1. The molecule has 5 atom stereocenters. The van der Waals surface area contributed by atoms with E-state index in [1.165, 1.54) is 31.9 Å². The average molecular weight is 1260 g/mol. The number of fused-ring (bicyclic) bond motifs is 6. The van der Waals surface area contributed by atoms with Crippen molar-refractivity contribution in [1.29, 1.82) is 0 Å². The average Bonchev–Trinajstić information content (AvgIpc) is 1.59. The van der Waals surface area contributed by atoms with Crippen LogP contribution in [0.4, 0.5) is 16.2 Å². The van der Waals surface area contributed by atoms with Gasteiger partial charge in [-0.1, -0.05) is 86.6 Å². The molecule has 0 radical (unpaired) electrons. The fourth-order valence-corrected chi connectivity index (χ4v) is 11.9. The number of benzene rings is 5. The number of nitrogens with one attached hydrogen (secondary N) is 2. The molecule has 0 saturated heterocycles. The fraction of sp³-hybridized carbons (Fsp3) is 0.391. The lowest BCUT2D eigenvalue weighted by atomic mass is 9.88. The molecule has 0 bridgehead atoms. The second-order valence-electron chi connectivity index (χ2n) is 23.6. The first-order valence-corrected chi connectivity index (χ1v) is 30.8. The maximum absolute atomic E-state index is 14.7. The van der Waals surface area contributed by atoms with Crippen LogP contribution in [-0.2, 0) is 77.2 Å². The van der Waals surface area contributed by atoms with Gasteiger partial charge in [0.1, 0.15) is 12.4 Å². The predicted octanol–water partition coefficient (Wildman–Crippen LogP) is 6.56. The normalized spacial score (nSPS) is 17.7. The predicted molar refractivity (Wildman–Crippen MR) is 336 cm³/mol. The second kappa shape index (κ2) is 29.5. The topological polar surface area (TPSA) is 279 Å². The van der Waals surface area contributed by atoms with Crippen molar-refractivity contribution >= 4 is 70.7 Å². The van der Waals surface area contributed by atoms with Gasteiger partial charge in [0.15, 0.2) is 35.0 Å². The Balaban J connectivity index is 0.731. The molecule has 5 aromatic rings. The van der Waals surface area contributed by atoms with Gasteiger partial charge < -0.3 is 54.0 Å². The van der Waals surface area contributed by atoms with Gasteiger partial charge in [-0.3, -0.25) is 48.2 Å². The van der Waals surface area contributed by atoms with Gasteiger partial charge in [-0.2, -0.15) is 0 Å². The summed E-state index contributed by atoms with van der Waals surface area (Å²) < 4.78 is 35.4. The van der Waals surface area contributed by atoms with E-state index in [0.29, 0.717) is 53.3 Å². The van der Waals surface area contributed by atoms with Crippen LogP contribution in [0.1, 0.15) is 101 Å². The molecule has 3 unspecified atom stereocenters. The minimum absolute atomic E-state index is 0.0325. The molecule has 5 heterocycles. The number of methoxy groups -OCH3 is 2. The maximum Gasteiger partial charge on any atom is 0.416 e. The lowest BCUT2D eigenvalue weighted by molar-refractivity contribution is -0.137. The molecule has 0 fully saturated rings. The number of aliphatic hydroxyl groups excluding tert-OH is 1. The summed E-state index contributed by atoms with van der Waals surface area (Å²) in [6, 6.07) is 26.9.